The number of nitrogens with two attached hydrogens (primary N) is 1. The minimum Gasteiger partial charge on any atom is -0.337 e. The highest BCUT2D eigenvalue weighted by Crippen LogP contribution is 2.21. The van der Waals surface area contributed by atoms with Gasteiger partial charge in [-0.15, -0.1) is 0 Å². The number of hydrogen-bond donors (Lipinski definition) is 1. The largest absolute Gasteiger partial charge is 0.337 e. The molecule has 4 nitrogen and oxygen atoms in total. The van der Waals surface area contributed by atoms with E-state index in [1.165, 1.54) is 5.56 Å². The third kappa shape index (κ3) is 2.53. The van der Waals surface area contributed by atoms with Gasteiger partial charge in [-0.3, -0.25) is 0 Å². The zero-order valence-electron chi connectivity index (χ0n) is 10.3. The lowest BCUT2D eigenvalue weighted by atomic mass is 10.0. The number of aromatic nitrogens is 2. The predicted octanol–water partition coefficient (Wildman–Crippen LogP) is 2.88. The molecule has 0 aliphatic carbocycles. The molecule has 0 unspecified atom stereocenters. The summed E-state index contributed by atoms with van der Waals surface area (Å²) in [6.07, 6.45) is 0. The van der Waals surface area contributed by atoms with E-state index >= 15 is 0 Å². The van der Waals surface area contributed by atoms with Crippen LogP contribution in [-0.2, 0) is 0 Å². The number of hydrogen-bond acceptors (Lipinski definition) is 4. The van der Waals surface area contributed by atoms with Crippen molar-refractivity contribution >= 4 is 0 Å². The monoisotopic (exact) mass is 231 g/mol. The summed E-state index contributed by atoms with van der Waals surface area (Å²) in [6.45, 7) is 6.15. The Labute approximate surface area is 101 Å². The molecule has 2 aromatic rings. The van der Waals surface area contributed by atoms with Crippen molar-refractivity contribution < 1.29 is 4.52 Å². The highest BCUT2D eigenvalue weighted by Gasteiger charge is 2.11. The summed E-state index contributed by atoms with van der Waals surface area (Å²) in [4.78, 5) is 4.25. The van der Waals surface area contributed by atoms with Crippen LogP contribution in [0.25, 0.3) is 11.4 Å². The third-order valence-corrected chi connectivity index (χ3v) is 2.67. The van der Waals surface area contributed by atoms with Gasteiger partial charge in [0.15, 0.2) is 0 Å². The molecule has 0 bridgehead atoms. The maximum absolute atomic E-state index is 5.67. The first-order chi connectivity index (χ1) is 8.08. The highest BCUT2D eigenvalue weighted by molar-refractivity contribution is 5.54. The van der Waals surface area contributed by atoms with E-state index in [0.29, 0.717) is 17.6 Å². The summed E-state index contributed by atoms with van der Waals surface area (Å²) in [6, 6.07) is 7.95. The molecule has 0 amide bonds. The number of rotatable bonds is 3. The second kappa shape index (κ2) is 4.67. The Balaban J connectivity index is 2.27. The Morgan fingerprint density at radius 1 is 1.12 bits per heavy atom. The van der Waals surface area contributed by atoms with Gasteiger partial charge in [0.1, 0.15) is 0 Å². The van der Waals surface area contributed by atoms with E-state index in [1.807, 2.05) is 19.1 Å². The molecule has 0 radical (unpaired) electrons. The maximum Gasteiger partial charge on any atom is 0.243 e. The summed E-state index contributed by atoms with van der Waals surface area (Å²) < 4.78 is 5.07. The number of nitrogens with zero attached hydrogens (tertiary/aromatic N) is 2. The van der Waals surface area contributed by atoms with Crippen molar-refractivity contribution in [2.75, 3.05) is 0 Å². The Morgan fingerprint density at radius 3 is 2.24 bits per heavy atom. The molecule has 1 atom stereocenters. The smallest absolute Gasteiger partial charge is 0.243 e. The lowest BCUT2D eigenvalue weighted by Gasteiger charge is -2.04. The Hall–Kier alpha value is -1.68. The summed E-state index contributed by atoms with van der Waals surface area (Å²) in [5.41, 5.74) is 7.92. The summed E-state index contributed by atoms with van der Waals surface area (Å²) in [5, 5.41) is 3.92. The topological polar surface area (TPSA) is 64.9 Å². The minimum atomic E-state index is -0.230. The van der Waals surface area contributed by atoms with Gasteiger partial charge in [0.05, 0.1) is 6.04 Å². The van der Waals surface area contributed by atoms with Crippen LogP contribution in [0.5, 0.6) is 0 Å². The molecule has 0 fully saturated rings. The third-order valence-electron chi connectivity index (χ3n) is 2.67. The average molecular weight is 231 g/mol. The van der Waals surface area contributed by atoms with Crippen LogP contribution < -0.4 is 5.73 Å². The molecular formula is C13H17N3O. The quantitative estimate of drug-likeness (QED) is 0.882. The van der Waals surface area contributed by atoms with Gasteiger partial charge >= 0.3 is 0 Å². The van der Waals surface area contributed by atoms with Crippen LogP contribution in [0.4, 0.5) is 0 Å². The molecule has 90 valence electrons. The molecule has 0 aliphatic heterocycles. The minimum absolute atomic E-state index is 0.230. The van der Waals surface area contributed by atoms with Crippen molar-refractivity contribution in [3.63, 3.8) is 0 Å². The van der Waals surface area contributed by atoms with Gasteiger partial charge in [0.25, 0.3) is 0 Å². The summed E-state index contributed by atoms with van der Waals surface area (Å²) in [5.74, 6) is 1.58. The standard InChI is InChI=1S/C13H17N3O/c1-8(2)10-4-6-11(7-5-10)12-15-13(9(3)14)17-16-12/h4-9H,14H2,1-3H3/t9-/m0/s1. The second-order valence-electron chi connectivity index (χ2n) is 4.52. The molecule has 1 aromatic heterocycles. The molecule has 1 heterocycles. The van der Waals surface area contributed by atoms with E-state index in [0.717, 1.165) is 5.56 Å². The zero-order chi connectivity index (χ0) is 12.4. The van der Waals surface area contributed by atoms with Crippen LogP contribution in [0.2, 0.25) is 0 Å². The molecule has 0 saturated carbocycles. The fourth-order valence-corrected chi connectivity index (χ4v) is 1.55. The molecule has 0 saturated heterocycles. The van der Waals surface area contributed by atoms with Crippen LogP contribution in [0, 0.1) is 0 Å². The van der Waals surface area contributed by atoms with Crippen LogP contribution in [0.15, 0.2) is 28.8 Å². The summed E-state index contributed by atoms with van der Waals surface area (Å²) >= 11 is 0. The van der Waals surface area contributed by atoms with Gasteiger partial charge in [0.2, 0.25) is 11.7 Å². The van der Waals surface area contributed by atoms with E-state index in [9.17, 15) is 0 Å². The molecule has 0 spiro atoms. The van der Waals surface area contributed by atoms with E-state index in [4.69, 9.17) is 10.3 Å². The lowest BCUT2D eigenvalue weighted by Crippen LogP contribution is -2.04. The normalized spacial score (nSPS) is 13.0. The average Bonchev–Trinajstić information content (AvgIpc) is 2.78. The van der Waals surface area contributed by atoms with Crippen molar-refractivity contribution in [2.24, 2.45) is 5.73 Å². The second-order valence-corrected chi connectivity index (χ2v) is 4.52. The van der Waals surface area contributed by atoms with Crippen molar-refractivity contribution in [1.82, 2.24) is 10.1 Å². The summed E-state index contributed by atoms with van der Waals surface area (Å²) in [7, 11) is 0. The first-order valence-corrected chi connectivity index (χ1v) is 5.77. The molecule has 1 aromatic carbocycles. The fourth-order valence-electron chi connectivity index (χ4n) is 1.55. The van der Waals surface area contributed by atoms with E-state index < -0.39 is 0 Å². The molecule has 4 heteroatoms. The first-order valence-electron chi connectivity index (χ1n) is 5.77. The molecule has 2 N–H and O–H groups in total. The number of benzene rings is 1. The van der Waals surface area contributed by atoms with Gasteiger partial charge in [-0.1, -0.05) is 43.3 Å². The maximum atomic E-state index is 5.67. The van der Waals surface area contributed by atoms with Crippen LogP contribution in [0.3, 0.4) is 0 Å². The van der Waals surface area contributed by atoms with Crippen LogP contribution in [0.1, 0.15) is 44.2 Å². The van der Waals surface area contributed by atoms with Gasteiger partial charge in [0, 0.05) is 5.56 Å². The van der Waals surface area contributed by atoms with Crippen molar-refractivity contribution in [2.45, 2.75) is 32.7 Å². The van der Waals surface area contributed by atoms with Gasteiger partial charge < -0.3 is 10.3 Å². The Kier molecular flexibility index (Phi) is 3.24. The Morgan fingerprint density at radius 2 is 1.76 bits per heavy atom. The van der Waals surface area contributed by atoms with Crippen molar-refractivity contribution in [3.8, 4) is 11.4 Å². The van der Waals surface area contributed by atoms with Gasteiger partial charge in [-0.05, 0) is 18.4 Å². The SMILES string of the molecule is CC(C)c1ccc(-c2noc([C@H](C)N)n2)cc1. The molecule has 0 aliphatic rings. The Bertz CT molecular complexity index is 486. The van der Waals surface area contributed by atoms with Gasteiger partial charge in [-0.2, -0.15) is 4.98 Å². The zero-order valence-corrected chi connectivity index (χ0v) is 10.3. The lowest BCUT2D eigenvalue weighted by molar-refractivity contribution is 0.362. The van der Waals surface area contributed by atoms with Gasteiger partial charge in [-0.25, -0.2) is 0 Å². The van der Waals surface area contributed by atoms with Crippen molar-refractivity contribution in [3.05, 3.63) is 35.7 Å². The highest BCUT2D eigenvalue weighted by atomic mass is 16.5. The van der Waals surface area contributed by atoms with Crippen LogP contribution >= 0.6 is 0 Å². The van der Waals surface area contributed by atoms with Crippen molar-refractivity contribution in [1.29, 1.82) is 0 Å². The van der Waals surface area contributed by atoms with E-state index in [1.54, 1.807) is 0 Å². The predicted molar refractivity (Wildman–Crippen MR) is 66.4 cm³/mol. The molecule has 2 rings (SSSR count). The fraction of sp³-hybridized carbons (Fsp3) is 0.385. The first kappa shape index (κ1) is 11.8. The van der Waals surface area contributed by atoms with E-state index in [-0.39, 0.29) is 6.04 Å². The molecular weight excluding hydrogens is 214 g/mol. The van der Waals surface area contributed by atoms with E-state index in [2.05, 4.69) is 36.1 Å². The van der Waals surface area contributed by atoms with Crippen LogP contribution in [-0.4, -0.2) is 10.1 Å². The molecule has 17 heavy (non-hydrogen) atoms.